The first-order valence-electron chi connectivity index (χ1n) is 6.91. The molecule has 3 aromatic rings. The fourth-order valence-electron chi connectivity index (χ4n) is 2.14. The summed E-state index contributed by atoms with van der Waals surface area (Å²) >= 11 is 3.35. The summed E-state index contributed by atoms with van der Waals surface area (Å²) in [5.74, 6) is 0.570. The lowest BCUT2D eigenvalue weighted by atomic mass is 10.2. The molecule has 0 unspecified atom stereocenters. The molecule has 0 aliphatic rings. The van der Waals surface area contributed by atoms with Gasteiger partial charge in [-0.25, -0.2) is 13.4 Å². The van der Waals surface area contributed by atoms with Crippen molar-refractivity contribution in [3.63, 3.8) is 0 Å². The van der Waals surface area contributed by atoms with Gasteiger partial charge in [0, 0.05) is 4.47 Å². The lowest BCUT2D eigenvalue weighted by molar-refractivity contribution is -0.0436. The summed E-state index contributed by atoms with van der Waals surface area (Å²) in [5.41, 5.74) is -3.16. The summed E-state index contributed by atoms with van der Waals surface area (Å²) in [7, 11) is -5.33. The molecule has 2 aromatic carbocycles. The van der Waals surface area contributed by atoms with Crippen molar-refractivity contribution in [1.29, 1.82) is 0 Å². The first kappa shape index (κ1) is 17.7. The Labute approximate surface area is 149 Å². The van der Waals surface area contributed by atoms with E-state index in [1.54, 1.807) is 12.2 Å². The van der Waals surface area contributed by atoms with Crippen LogP contribution in [0.4, 0.5) is 13.2 Å². The minimum atomic E-state index is -5.33. The van der Waals surface area contributed by atoms with Crippen LogP contribution in [0.2, 0.25) is 0 Å². The van der Waals surface area contributed by atoms with Crippen LogP contribution in [0, 0.1) is 0 Å². The number of rotatable bonds is 3. The maximum absolute atomic E-state index is 12.5. The Hall–Kier alpha value is -2.13. The van der Waals surface area contributed by atoms with Gasteiger partial charge in [-0.1, -0.05) is 34.1 Å². The van der Waals surface area contributed by atoms with Gasteiger partial charge in [0.1, 0.15) is 5.82 Å². The Morgan fingerprint density at radius 2 is 1.72 bits per heavy atom. The highest BCUT2D eigenvalue weighted by Crippen LogP contribution is 2.30. The minimum Gasteiger partial charge on any atom is -0.338 e. The van der Waals surface area contributed by atoms with Crippen molar-refractivity contribution in [2.24, 2.45) is 0 Å². The van der Waals surface area contributed by atoms with E-state index in [9.17, 15) is 21.6 Å². The van der Waals surface area contributed by atoms with E-state index in [-0.39, 0.29) is 0 Å². The molecule has 3 rings (SSSR count). The first-order valence-corrected chi connectivity index (χ1v) is 9.19. The van der Waals surface area contributed by atoms with E-state index in [0.29, 0.717) is 11.4 Å². The van der Waals surface area contributed by atoms with E-state index in [2.05, 4.69) is 25.9 Å². The zero-order valence-corrected chi connectivity index (χ0v) is 14.8. The molecular formula is C16H10BrF3N2O2S. The number of aromatic amines is 1. The van der Waals surface area contributed by atoms with Crippen molar-refractivity contribution < 1.29 is 21.6 Å². The Morgan fingerprint density at radius 1 is 1.04 bits per heavy atom. The van der Waals surface area contributed by atoms with Crippen LogP contribution in [0.1, 0.15) is 11.4 Å². The number of halogens is 4. The zero-order chi connectivity index (χ0) is 18.2. The monoisotopic (exact) mass is 430 g/mol. The van der Waals surface area contributed by atoms with E-state index < -0.39 is 20.2 Å². The number of aromatic nitrogens is 2. The molecule has 1 N–H and O–H groups in total. The van der Waals surface area contributed by atoms with Crippen LogP contribution < -0.4 is 0 Å². The lowest BCUT2D eigenvalue weighted by Crippen LogP contribution is -2.23. The van der Waals surface area contributed by atoms with Crippen molar-refractivity contribution in [3.05, 3.63) is 58.3 Å². The second-order valence-corrected chi connectivity index (χ2v) is 7.99. The smallest absolute Gasteiger partial charge is 0.338 e. The number of sulfone groups is 1. The highest BCUT2D eigenvalue weighted by molar-refractivity contribution is 9.10. The Balaban J connectivity index is 1.84. The highest BCUT2D eigenvalue weighted by atomic mass is 79.9. The second-order valence-electron chi connectivity index (χ2n) is 5.14. The molecule has 0 aliphatic carbocycles. The summed E-state index contributed by atoms with van der Waals surface area (Å²) in [5, 5.41) is 0. The largest absolute Gasteiger partial charge is 0.501 e. The molecule has 1 heterocycles. The number of H-pyrrole nitrogens is 1. The van der Waals surface area contributed by atoms with Crippen molar-refractivity contribution in [2.75, 3.05) is 0 Å². The summed E-state index contributed by atoms with van der Waals surface area (Å²) in [6.07, 6.45) is 3.28. The van der Waals surface area contributed by atoms with Crippen molar-refractivity contribution in [3.8, 4) is 0 Å². The third-order valence-corrected chi connectivity index (χ3v) is 5.39. The van der Waals surface area contributed by atoms with Gasteiger partial charge in [-0.2, -0.15) is 13.2 Å². The van der Waals surface area contributed by atoms with Crippen molar-refractivity contribution in [2.45, 2.75) is 10.4 Å². The topological polar surface area (TPSA) is 62.8 Å². The average molecular weight is 431 g/mol. The van der Waals surface area contributed by atoms with Gasteiger partial charge >= 0.3 is 5.51 Å². The van der Waals surface area contributed by atoms with Gasteiger partial charge in [0.2, 0.25) is 0 Å². The molecule has 0 aliphatic heterocycles. The number of hydrogen-bond acceptors (Lipinski definition) is 3. The normalized spacial score (nSPS) is 13.0. The molecule has 0 bridgehead atoms. The molecule has 130 valence electrons. The molecule has 4 nitrogen and oxygen atoms in total. The summed E-state index contributed by atoms with van der Waals surface area (Å²) in [6, 6.07) is 10.0. The molecule has 9 heteroatoms. The first-order chi connectivity index (χ1) is 11.7. The van der Waals surface area contributed by atoms with Crippen LogP contribution >= 0.6 is 15.9 Å². The van der Waals surface area contributed by atoms with Crippen molar-refractivity contribution >= 4 is 49.0 Å². The number of imidazole rings is 1. The predicted molar refractivity (Wildman–Crippen MR) is 92.4 cm³/mol. The SMILES string of the molecule is O=S(=O)(c1ccc(/C=C/c2nc3cc(Br)ccc3[nH]2)cc1)C(F)(F)F. The van der Waals surface area contributed by atoms with Crippen LogP contribution in [0.5, 0.6) is 0 Å². The van der Waals surface area contributed by atoms with Gasteiger partial charge < -0.3 is 4.98 Å². The Morgan fingerprint density at radius 3 is 2.36 bits per heavy atom. The molecular weight excluding hydrogens is 421 g/mol. The van der Waals surface area contributed by atoms with Gasteiger partial charge in [0.15, 0.2) is 0 Å². The number of nitrogens with one attached hydrogen (secondary N) is 1. The number of fused-ring (bicyclic) bond motifs is 1. The maximum Gasteiger partial charge on any atom is 0.501 e. The molecule has 0 saturated carbocycles. The highest BCUT2D eigenvalue weighted by Gasteiger charge is 2.46. The zero-order valence-electron chi connectivity index (χ0n) is 12.4. The number of benzene rings is 2. The maximum atomic E-state index is 12.5. The summed E-state index contributed by atoms with van der Waals surface area (Å²) in [4.78, 5) is 6.66. The van der Waals surface area contributed by atoms with E-state index in [1.807, 2.05) is 18.2 Å². The number of nitrogens with zero attached hydrogens (tertiary/aromatic N) is 1. The summed E-state index contributed by atoms with van der Waals surface area (Å²) in [6.45, 7) is 0. The Bertz CT molecular complexity index is 1060. The van der Waals surface area contributed by atoms with E-state index in [0.717, 1.165) is 27.6 Å². The minimum absolute atomic E-state index is 0.544. The van der Waals surface area contributed by atoms with E-state index in [1.165, 1.54) is 12.1 Å². The van der Waals surface area contributed by atoms with Gasteiger partial charge in [-0.15, -0.1) is 0 Å². The van der Waals surface area contributed by atoms with Crippen LogP contribution in [0.3, 0.4) is 0 Å². The Kier molecular flexibility index (Phi) is 4.46. The molecule has 25 heavy (non-hydrogen) atoms. The van der Waals surface area contributed by atoms with Gasteiger partial charge in [-0.05, 0) is 42.0 Å². The third kappa shape index (κ3) is 3.62. The van der Waals surface area contributed by atoms with E-state index >= 15 is 0 Å². The average Bonchev–Trinajstić information content (AvgIpc) is 2.94. The fourth-order valence-corrected chi connectivity index (χ4v) is 3.26. The van der Waals surface area contributed by atoms with Gasteiger partial charge in [-0.3, -0.25) is 0 Å². The standard InChI is InChI=1S/C16H10BrF3N2O2S/c17-11-4-7-13-14(9-11)22-15(21-13)8-3-10-1-5-12(6-2-10)25(23,24)16(18,19)20/h1-9H,(H,21,22)/b8-3+. The quantitative estimate of drug-likeness (QED) is 0.649. The molecule has 0 amide bonds. The molecule has 0 radical (unpaired) electrons. The predicted octanol–water partition coefficient (Wildman–Crippen LogP) is 4.79. The van der Waals surface area contributed by atoms with E-state index in [4.69, 9.17) is 0 Å². The lowest BCUT2D eigenvalue weighted by Gasteiger charge is -2.07. The third-order valence-electron chi connectivity index (χ3n) is 3.39. The van der Waals surface area contributed by atoms with Crippen molar-refractivity contribution in [1.82, 2.24) is 9.97 Å². The molecule has 0 saturated heterocycles. The molecule has 0 spiro atoms. The van der Waals surface area contributed by atoms with Crippen LogP contribution in [-0.2, 0) is 9.84 Å². The second kappa shape index (κ2) is 6.30. The van der Waals surface area contributed by atoms with Gasteiger partial charge in [0.05, 0.1) is 15.9 Å². The molecule has 0 fully saturated rings. The van der Waals surface area contributed by atoms with Crippen LogP contribution in [0.25, 0.3) is 23.2 Å². The fraction of sp³-hybridized carbons (Fsp3) is 0.0625. The number of alkyl halides is 3. The van der Waals surface area contributed by atoms with Gasteiger partial charge in [0.25, 0.3) is 9.84 Å². The molecule has 0 atom stereocenters. The van der Waals surface area contributed by atoms with Crippen LogP contribution in [-0.4, -0.2) is 23.9 Å². The van der Waals surface area contributed by atoms with Crippen LogP contribution in [0.15, 0.2) is 51.8 Å². The number of hydrogen-bond donors (Lipinski definition) is 1. The molecule has 1 aromatic heterocycles. The summed E-state index contributed by atoms with van der Waals surface area (Å²) < 4.78 is 61.0.